The Morgan fingerprint density at radius 3 is 1.76 bits per heavy atom. The van der Waals surface area contributed by atoms with Crippen molar-refractivity contribution < 1.29 is 37.0 Å². The summed E-state index contributed by atoms with van der Waals surface area (Å²) in [6.45, 7) is 4.71. The van der Waals surface area contributed by atoms with Crippen molar-refractivity contribution in [2.45, 2.75) is 20.8 Å². The van der Waals surface area contributed by atoms with Gasteiger partial charge in [-0.1, -0.05) is 63.2 Å². The molecule has 0 aliphatic rings. The van der Waals surface area contributed by atoms with Crippen LogP contribution in [0.5, 0.6) is 0 Å². The molecule has 25 heavy (non-hydrogen) atoms. The van der Waals surface area contributed by atoms with Crippen molar-refractivity contribution in [2.75, 3.05) is 19.8 Å². The Kier molecular flexibility index (Phi) is 18.1. The van der Waals surface area contributed by atoms with Crippen LogP contribution in [0, 0.1) is 0 Å². The van der Waals surface area contributed by atoms with Crippen molar-refractivity contribution in [3.8, 4) is 11.1 Å². The van der Waals surface area contributed by atoms with Crippen LogP contribution in [0.25, 0.3) is 21.9 Å². The van der Waals surface area contributed by atoms with Gasteiger partial charge >= 0.3 is 21.7 Å². The fourth-order valence-electron chi connectivity index (χ4n) is 1.94. The molecule has 0 amide bonds. The summed E-state index contributed by atoms with van der Waals surface area (Å²) in [6.07, 6.45) is 0. The molecule has 4 heteroatoms. The molecule has 0 radical (unpaired) electrons. The molecule has 0 spiro atoms. The van der Waals surface area contributed by atoms with Gasteiger partial charge in [0.15, 0.2) is 0 Å². The molecule has 132 valence electrons. The summed E-state index contributed by atoms with van der Waals surface area (Å²) in [4.78, 5) is 0. The normalized spacial score (nSPS) is 8.56. The molecule has 0 saturated heterocycles. The van der Waals surface area contributed by atoms with E-state index in [4.69, 9.17) is 15.3 Å². The van der Waals surface area contributed by atoms with Crippen molar-refractivity contribution in [2.24, 2.45) is 0 Å². The van der Waals surface area contributed by atoms with Gasteiger partial charge in [0.25, 0.3) is 0 Å². The molecule has 0 N–H and O–H groups in total. The van der Waals surface area contributed by atoms with Gasteiger partial charge in [0.2, 0.25) is 0 Å². The van der Waals surface area contributed by atoms with Gasteiger partial charge in [-0.2, -0.15) is 17.5 Å². The van der Waals surface area contributed by atoms with Gasteiger partial charge in [0, 0.05) is 0 Å². The first-order chi connectivity index (χ1) is 11.7. The SMILES string of the molecule is CC[O-].CC[O-].CC[O-].[Ti+4].c1ccc(-c2ccc3[cH-]ccc3c2)cc1. The molecule has 0 heterocycles. The minimum Gasteiger partial charge on any atom is -0.855 e. The molecular formula is C21H26O3Ti. The van der Waals surface area contributed by atoms with E-state index in [-0.39, 0.29) is 41.5 Å². The molecule has 3 nitrogen and oxygen atoms in total. The molecule has 0 aliphatic carbocycles. The average Bonchev–Trinajstić information content (AvgIpc) is 3.05. The third-order valence-electron chi connectivity index (χ3n) is 2.75. The number of rotatable bonds is 1. The van der Waals surface area contributed by atoms with E-state index in [9.17, 15) is 0 Å². The van der Waals surface area contributed by atoms with Gasteiger partial charge in [-0.15, -0.1) is 37.3 Å². The van der Waals surface area contributed by atoms with Crippen LogP contribution in [0.15, 0.2) is 66.7 Å². The summed E-state index contributed by atoms with van der Waals surface area (Å²) in [5.74, 6) is 0. The molecule has 0 aliphatic heterocycles. The first kappa shape index (κ1) is 25.9. The van der Waals surface area contributed by atoms with Crippen molar-refractivity contribution in [3.05, 3.63) is 66.7 Å². The van der Waals surface area contributed by atoms with Crippen molar-refractivity contribution in [3.63, 3.8) is 0 Å². The topological polar surface area (TPSA) is 69.2 Å². The van der Waals surface area contributed by atoms with E-state index < -0.39 is 0 Å². The zero-order valence-corrected chi connectivity index (χ0v) is 16.8. The fourth-order valence-corrected chi connectivity index (χ4v) is 1.94. The summed E-state index contributed by atoms with van der Waals surface area (Å²) in [5.41, 5.74) is 2.56. The second-order valence-electron chi connectivity index (χ2n) is 4.60. The van der Waals surface area contributed by atoms with Crippen LogP contribution >= 0.6 is 0 Å². The molecule has 3 aromatic rings. The van der Waals surface area contributed by atoms with Gasteiger partial charge in [-0.25, -0.2) is 0 Å². The van der Waals surface area contributed by atoms with Crippen LogP contribution in [0.1, 0.15) is 20.8 Å². The monoisotopic (exact) mass is 374 g/mol. The molecular weight excluding hydrogens is 348 g/mol. The zero-order chi connectivity index (χ0) is 18.2. The molecule has 0 saturated carbocycles. The van der Waals surface area contributed by atoms with E-state index >= 15 is 0 Å². The smallest absolute Gasteiger partial charge is 0.855 e. The standard InChI is InChI=1S/C15H11.3C2H5O.Ti/c1-2-5-12(6-3-1)15-10-9-13-7-4-8-14(13)11-15;3*1-2-3;/h1-11H;3*2H2,1H3;/q4*-1;+4. The van der Waals surface area contributed by atoms with Crippen molar-refractivity contribution >= 4 is 10.8 Å². The Balaban J connectivity index is 0. The average molecular weight is 374 g/mol. The Labute approximate surface area is 166 Å². The fraction of sp³-hybridized carbons (Fsp3) is 0.286. The van der Waals surface area contributed by atoms with Crippen LogP contribution in [0.2, 0.25) is 0 Å². The second-order valence-corrected chi connectivity index (χ2v) is 4.60. The number of benzene rings is 2. The summed E-state index contributed by atoms with van der Waals surface area (Å²) >= 11 is 0. The van der Waals surface area contributed by atoms with Gasteiger partial charge in [-0.3, -0.25) is 0 Å². The maximum absolute atomic E-state index is 8.93. The Morgan fingerprint density at radius 1 is 0.720 bits per heavy atom. The van der Waals surface area contributed by atoms with E-state index in [0.29, 0.717) is 0 Å². The van der Waals surface area contributed by atoms with Crippen LogP contribution in [-0.2, 0) is 21.7 Å². The Bertz CT molecular complexity index is 631. The molecule has 3 aromatic carbocycles. The summed E-state index contributed by atoms with van der Waals surface area (Å²) in [7, 11) is 0. The quantitative estimate of drug-likeness (QED) is 0.485. The molecule has 0 atom stereocenters. The largest absolute Gasteiger partial charge is 4.00 e. The van der Waals surface area contributed by atoms with E-state index in [1.165, 1.54) is 21.9 Å². The Morgan fingerprint density at radius 2 is 1.24 bits per heavy atom. The minimum atomic E-state index is 0. The maximum Gasteiger partial charge on any atom is 4.00 e. The van der Waals surface area contributed by atoms with Crippen molar-refractivity contribution in [1.82, 2.24) is 0 Å². The summed E-state index contributed by atoms with van der Waals surface area (Å²) in [6, 6.07) is 23.5. The maximum atomic E-state index is 8.93. The predicted molar refractivity (Wildman–Crippen MR) is 96.6 cm³/mol. The van der Waals surface area contributed by atoms with E-state index in [1.807, 2.05) is 6.07 Å². The van der Waals surface area contributed by atoms with Crippen LogP contribution in [0.4, 0.5) is 0 Å². The van der Waals surface area contributed by atoms with Gasteiger partial charge in [-0.05, 0) is 11.1 Å². The minimum absolute atomic E-state index is 0. The van der Waals surface area contributed by atoms with E-state index in [2.05, 4.69) is 60.7 Å². The van der Waals surface area contributed by atoms with Crippen LogP contribution in [0.3, 0.4) is 0 Å². The summed E-state index contributed by atoms with van der Waals surface area (Å²) in [5, 5.41) is 29.4. The Hall–Kier alpha value is -1.36. The van der Waals surface area contributed by atoms with E-state index in [1.54, 1.807) is 20.8 Å². The third-order valence-corrected chi connectivity index (χ3v) is 2.75. The molecule has 0 unspecified atom stereocenters. The molecule has 3 rings (SSSR count). The second kappa shape index (κ2) is 17.5. The summed E-state index contributed by atoms with van der Waals surface area (Å²) < 4.78 is 0. The molecule has 0 fully saturated rings. The number of hydrogen-bond acceptors (Lipinski definition) is 3. The number of fused-ring (bicyclic) bond motifs is 1. The van der Waals surface area contributed by atoms with Crippen LogP contribution < -0.4 is 15.3 Å². The molecule has 0 bridgehead atoms. The van der Waals surface area contributed by atoms with Crippen LogP contribution in [-0.4, -0.2) is 19.8 Å². The van der Waals surface area contributed by atoms with Gasteiger partial charge in [0.05, 0.1) is 0 Å². The number of hydrogen-bond donors (Lipinski definition) is 0. The molecule has 0 aromatic heterocycles. The first-order valence-corrected chi connectivity index (χ1v) is 8.13. The zero-order valence-electron chi connectivity index (χ0n) is 15.2. The van der Waals surface area contributed by atoms with E-state index in [0.717, 1.165) is 0 Å². The van der Waals surface area contributed by atoms with Gasteiger partial charge in [0.1, 0.15) is 0 Å². The van der Waals surface area contributed by atoms with Gasteiger partial charge < -0.3 is 15.3 Å². The van der Waals surface area contributed by atoms with Crippen molar-refractivity contribution in [1.29, 1.82) is 0 Å². The first-order valence-electron chi connectivity index (χ1n) is 8.13. The third kappa shape index (κ3) is 11.0. The predicted octanol–water partition coefficient (Wildman–Crippen LogP) is 2.32.